The fraction of sp³-hybridized carbons (Fsp3) is 0.483. The molecule has 0 aliphatic carbocycles. The number of nitrogens with one attached hydrogen (secondary N) is 1. The van der Waals surface area contributed by atoms with E-state index in [-0.39, 0.29) is 19.1 Å². The number of alkyl carbamates (subject to hydrolysis) is 1. The van der Waals surface area contributed by atoms with E-state index in [1.54, 1.807) is 6.92 Å². The van der Waals surface area contributed by atoms with Crippen molar-refractivity contribution in [2.24, 2.45) is 0 Å². The van der Waals surface area contributed by atoms with Crippen LogP contribution in [0.4, 0.5) is 4.79 Å². The molecule has 0 unspecified atom stereocenters. The van der Waals surface area contributed by atoms with E-state index < -0.39 is 12.1 Å². The van der Waals surface area contributed by atoms with Crippen LogP contribution in [0, 0.1) is 0 Å². The fourth-order valence-electron chi connectivity index (χ4n) is 3.74. The van der Waals surface area contributed by atoms with Gasteiger partial charge in [-0.2, -0.15) is 0 Å². The standard InChI is InChI=1S/C29H39NO6/c1-23(2)28(32)35-21-18-30-29(33)36-20-12-8-6-4-3-5-7-11-19-34-27(31)22-25-16-13-15-24-14-9-10-17-26(24)25/h9-10,13-17H,1,3-8,11-12,18-22H2,2H3,(H,30,33). The Hall–Kier alpha value is -3.35. The number of hydrogen-bond donors (Lipinski definition) is 1. The van der Waals surface area contributed by atoms with Crippen LogP contribution in [0.25, 0.3) is 10.8 Å². The minimum absolute atomic E-state index is 0.0916. The molecule has 0 spiro atoms. The molecular formula is C29H39NO6. The summed E-state index contributed by atoms with van der Waals surface area (Å²) in [6.45, 7) is 6.20. The van der Waals surface area contributed by atoms with E-state index in [4.69, 9.17) is 14.2 Å². The van der Waals surface area contributed by atoms with Gasteiger partial charge in [-0.1, -0.05) is 87.6 Å². The number of carbonyl (C=O) groups excluding carboxylic acids is 3. The highest BCUT2D eigenvalue weighted by Gasteiger charge is 2.08. The molecular weight excluding hydrogens is 458 g/mol. The number of ether oxygens (including phenoxy) is 3. The second-order valence-corrected chi connectivity index (χ2v) is 8.84. The third-order valence-electron chi connectivity index (χ3n) is 5.70. The lowest BCUT2D eigenvalue weighted by molar-refractivity contribution is -0.143. The highest BCUT2D eigenvalue weighted by atomic mass is 16.6. The molecule has 0 radical (unpaired) electrons. The second-order valence-electron chi connectivity index (χ2n) is 8.84. The predicted octanol–water partition coefficient (Wildman–Crippen LogP) is 5.89. The van der Waals surface area contributed by atoms with Crippen molar-refractivity contribution in [3.63, 3.8) is 0 Å². The van der Waals surface area contributed by atoms with Gasteiger partial charge in [-0.3, -0.25) is 4.79 Å². The summed E-state index contributed by atoms with van der Waals surface area (Å²) in [6, 6.07) is 14.1. The third-order valence-corrected chi connectivity index (χ3v) is 5.70. The van der Waals surface area contributed by atoms with E-state index in [0.717, 1.165) is 67.7 Å². The maximum atomic E-state index is 12.2. The van der Waals surface area contributed by atoms with Crippen LogP contribution in [0.5, 0.6) is 0 Å². The molecule has 36 heavy (non-hydrogen) atoms. The number of carbonyl (C=O) groups is 3. The van der Waals surface area contributed by atoms with E-state index in [9.17, 15) is 14.4 Å². The third kappa shape index (κ3) is 11.9. The first-order valence-corrected chi connectivity index (χ1v) is 12.8. The van der Waals surface area contributed by atoms with Crippen molar-refractivity contribution in [3.05, 3.63) is 60.2 Å². The SMILES string of the molecule is C=C(C)C(=O)OCCNC(=O)OCCCCCCCCCCOC(=O)Cc1cccc2ccccc12. The van der Waals surface area contributed by atoms with Crippen LogP contribution in [-0.2, 0) is 30.2 Å². The molecule has 0 heterocycles. The van der Waals surface area contributed by atoms with Crippen LogP contribution < -0.4 is 5.32 Å². The van der Waals surface area contributed by atoms with Crippen LogP contribution in [0.1, 0.15) is 63.9 Å². The van der Waals surface area contributed by atoms with Crippen molar-refractivity contribution in [2.45, 2.75) is 64.7 Å². The molecule has 0 saturated heterocycles. The topological polar surface area (TPSA) is 90.9 Å². The predicted molar refractivity (Wildman–Crippen MR) is 141 cm³/mol. The molecule has 7 nitrogen and oxygen atoms in total. The number of fused-ring (bicyclic) bond motifs is 1. The Morgan fingerprint density at radius 3 is 2.06 bits per heavy atom. The summed E-state index contributed by atoms with van der Waals surface area (Å²) in [6.07, 6.45) is 8.08. The molecule has 0 aliphatic rings. The monoisotopic (exact) mass is 497 g/mol. The first-order valence-electron chi connectivity index (χ1n) is 12.8. The van der Waals surface area contributed by atoms with Crippen molar-refractivity contribution >= 4 is 28.8 Å². The number of rotatable bonds is 17. The van der Waals surface area contributed by atoms with E-state index in [1.807, 2.05) is 42.5 Å². The summed E-state index contributed by atoms with van der Waals surface area (Å²) in [7, 11) is 0. The zero-order chi connectivity index (χ0) is 26.0. The minimum Gasteiger partial charge on any atom is -0.465 e. The molecule has 2 aromatic rings. The molecule has 0 atom stereocenters. The molecule has 1 amide bonds. The molecule has 196 valence electrons. The summed E-state index contributed by atoms with van der Waals surface area (Å²) in [5.41, 5.74) is 1.33. The smallest absolute Gasteiger partial charge is 0.407 e. The maximum absolute atomic E-state index is 12.2. The summed E-state index contributed by atoms with van der Waals surface area (Å²) >= 11 is 0. The average molecular weight is 498 g/mol. The van der Waals surface area contributed by atoms with Gasteiger partial charge in [0.25, 0.3) is 0 Å². The molecule has 1 N–H and O–H groups in total. The van der Waals surface area contributed by atoms with Gasteiger partial charge in [-0.05, 0) is 36.1 Å². The van der Waals surface area contributed by atoms with Crippen molar-refractivity contribution in [2.75, 3.05) is 26.4 Å². The summed E-state index contributed by atoms with van der Waals surface area (Å²) in [5.74, 6) is -0.644. The Morgan fingerprint density at radius 1 is 0.750 bits per heavy atom. The van der Waals surface area contributed by atoms with Crippen LogP contribution in [0.2, 0.25) is 0 Å². The van der Waals surface area contributed by atoms with E-state index in [2.05, 4.69) is 11.9 Å². The van der Waals surface area contributed by atoms with Crippen LogP contribution in [0.3, 0.4) is 0 Å². The van der Waals surface area contributed by atoms with Gasteiger partial charge in [-0.15, -0.1) is 0 Å². The Morgan fingerprint density at radius 2 is 1.36 bits per heavy atom. The number of benzene rings is 2. The van der Waals surface area contributed by atoms with Crippen LogP contribution >= 0.6 is 0 Å². The number of unbranched alkanes of at least 4 members (excludes halogenated alkanes) is 7. The van der Waals surface area contributed by atoms with Crippen LogP contribution in [-0.4, -0.2) is 44.4 Å². The normalized spacial score (nSPS) is 10.6. The van der Waals surface area contributed by atoms with Gasteiger partial charge in [0.05, 0.1) is 26.2 Å². The lowest BCUT2D eigenvalue weighted by Gasteiger charge is -2.08. The van der Waals surface area contributed by atoms with Crippen molar-refractivity contribution < 1.29 is 28.6 Å². The van der Waals surface area contributed by atoms with Gasteiger partial charge in [0.2, 0.25) is 0 Å². The molecule has 0 saturated carbocycles. The summed E-state index contributed by atoms with van der Waals surface area (Å²) in [5, 5.41) is 4.78. The van der Waals surface area contributed by atoms with E-state index >= 15 is 0 Å². The quantitative estimate of drug-likeness (QED) is 0.127. The molecule has 2 rings (SSSR count). The zero-order valence-corrected chi connectivity index (χ0v) is 21.4. The second kappa shape index (κ2) is 17.1. The lowest BCUT2D eigenvalue weighted by atomic mass is 10.0. The van der Waals surface area contributed by atoms with Gasteiger partial charge in [-0.25, -0.2) is 9.59 Å². The summed E-state index contributed by atoms with van der Waals surface area (Å²) in [4.78, 5) is 34.9. The lowest BCUT2D eigenvalue weighted by Crippen LogP contribution is -2.29. The first kappa shape index (κ1) is 28.9. The Kier molecular flexibility index (Phi) is 13.8. The van der Waals surface area contributed by atoms with Crippen molar-refractivity contribution in [3.8, 4) is 0 Å². The van der Waals surface area contributed by atoms with Gasteiger partial charge in [0, 0.05) is 5.57 Å². The van der Waals surface area contributed by atoms with Crippen LogP contribution in [0.15, 0.2) is 54.6 Å². The van der Waals surface area contributed by atoms with E-state index in [1.165, 1.54) is 0 Å². The number of esters is 2. The molecule has 0 fully saturated rings. The number of hydrogen-bond acceptors (Lipinski definition) is 6. The van der Waals surface area contributed by atoms with Crippen molar-refractivity contribution in [1.82, 2.24) is 5.32 Å². The Balaban J connectivity index is 1.38. The highest BCUT2D eigenvalue weighted by Crippen LogP contribution is 2.19. The Labute approximate surface area is 214 Å². The highest BCUT2D eigenvalue weighted by molar-refractivity contribution is 5.89. The number of amides is 1. The van der Waals surface area contributed by atoms with Gasteiger partial charge >= 0.3 is 18.0 Å². The zero-order valence-electron chi connectivity index (χ0n) is 21.4. The molecule has 7 heteroatoms. The largest absolute Gasteiger partial charge is 0.465 e. The van der Waals surface area contributed by atoms with Crippen molar-refractivity contribution in [1.29, 1.82) is 0 Å². The molecule has 2 aromatic carbocycles. The molecule has 0 aromatic heterocycles. The molecule has 0 aliphatic heterocycles. The van der Waals surface area contributed by atoms with Gasteiger partial charge < -0.3 is 19.5 Å². The average Bonchev–Trinajstić information content (AvgIpc) is 2.87. The minimum atomic E-state index is -0.501. The summed E-state index contributed by atoms with van der Waals surface area (Å²) < 4.78 is 15.4. The maximum Gasteiger partial charge on any atom is 0.407 e. The molecule has 0 bridgehead atoms. The Bertz CT molecular complexity index is 981. The first-order chi connectivity index (χ1) is 17.5. The van der Waals surface area contributed by atoms with Gasteiger partial charge in [0.15, 0.2) is 0 Å². The van der Waals surface area contributed by atoms with E-state index in [0.29, 0.717) is 25.2 Å². The van der Waals surface area contributed by atoms with Gasteiger partial charge in [0.1, 0.15) is 6.61 Å². The fourth-order valence-corrected chi connectivity index (χ4v) is 3.74.